The maximum absolute atomic E-state index is 12.3. The van der Waals surface area contributed by atoms with Crippen molar-refractivity contribution in [3.8, 4) is 0 Å². The van der Waals surface area contributed by atoms with Crippen molar-refractivity contribution in [2.75, 3.05) is 0 Å². The van der Waals surface area contributed by atoms with Crippen molar-refractivity contribution in [2.24, 2.45) is 16.7 Å². The molecule has 2 aliphatic carbocycles. The molecule has 0 spiro atoms. The number of nitrogens with one attached hydrogen (secondary N) is 1. The number of halogens is 1. The summed E-state index contributed by atoms with van der Waals surface area (Å²) in [6, 6.07) is 0. The Morgan fingerprint density at radius 2 is 2.29 bits per heavy atom. The molecule has 1 aromatic heterocycles. The number of Topliss-reactive ketones (excluding diaryl/α,β-unsaturated/α-hetero) is 1. The molecule has 0 amide bonds. The molecule has 2 atom stereocenters. The summed E-state index contributed by atoms with van der Waals surface area (Å²) in [5, 5.41) is 0. The Morgan fingerprint density at radius 1 is 1.53 bits per heavy atom. The average molecular weight is 346 g/mol. The summed E-state index contributed by atoms with van der Waals surface area (Å²) in [7, 11) is 0. The Labute approximate surface area is 119 Å². The molecule has 3 rings (SSSR count). The zero-order valence-electron chi connectivity index (χ0n) is 10.4. The molecule has 1 aromatic rings. The fourth-order valence-electron chi connectivity index (χ4n) is 3.87. The second-order valence-corrected chi connectivity index (χ2v) is 5.95. The molecule has 2 saturated carbocycles. The second-order valence-electron chi connectivity index (χ2n) is 5.95. The van der Waals surface area contributed by atoms with Gasteiger partial charge in [-0.2, -0.15) is 0 Å². The lowest BCUT2D eigenvalue weighted by Crippen LogP contribution is -3.00. The van der Waals surface area contributed by atoms with Crippen LogP contribution in [0.2, 0.25) is 0 Å². The van der Waals surface area contributed by atoms with Gasteiger partial charge in [-0.3, -0.25) is 9.78 Å². The van der Waals surface area contributed by atoms with E-state index in [1.165, 1.54) is 6.42 Å². The fraction of sp³-hybridized carbons (Fsp3) is 0.692. The van der Waals surface area contributed by atoms with E-state index < -0.39 is 0 Å². The molecule has 2 bridgehead atoms. The molecule has 1 heterocycles. The van der Waals surface area contributed by atoms with Crippen LogP contribution in [0.4, 0.5) is 0 Å². The minimum Gasteiger partial charge on any atom is -1.00 e. The Kier molecular flexibility index (Phi) is 3.13. The zero-order chi connectivity index (χ0) is 11.4. The topological polar surface area (TPSA) is 36.7 Å². The highest BCUT2D eigenvalue weighted by Gasteiger charge is 2.65. The molecule has 0 saturated heterocycles. The second kappa shape index (κ2) is 4.07. The summed E-state index contributed by atoms with van der Waals surface area (Å²) < 4.78 is 2.12. The van der Waals surface area contributed by atoms with Crippen molar-refractivity contribution in [1.82, 2.24) is 4.98 Å². The Morgan fingerprint density at radius 3 is 2.76 bits per heavy atom. The SMILES string of the molecule is CC1(C)C2CCC1(C[n+]1cc[nH]c1)C(=O)C2.[I-]. The number of carbonyl (C=O) groups excluding carboxylic acids is 1. The minimum absolute atomic E-state index is 0. The first-order chi connectivity index (χ1) is 7.56. The lowest BCUT2D eigenvalue weighted by Gasteiger charge is -2.34. The number of hydrogen-bond acceptors (Lipinski definition) is 1. The van der Waals surface area contributed by atoms with Crippen LogP contribution in [-0.4, -0.2) is 10.8 Å². The number of ketones is 1. The molecule has 17 heavy (non-hydrogen) atoms. The van der Waals surface area contributed by atoms with Gasteiger partial charge in [-0.1, -0.05) is 13.8 Å². The van der Waals surface area contributed by atoms with Gasteiger partial charge in [0.05, 0.1) is 5.41 Å². The van der Waals surface area contributed by atoms with Gasteiger partial charge in [-0.05, 0) is 24.2 Å². The lowest BCUT2D eigenvalue weighted by atomic mass is 9.69. The van der Waals surface area contributed by atoms with Gasteiger partial charge in [0.2, 0.25) is 6.33 Å². The van der Waals surface area contributed by atoms with Crippen LogP contribution < -0.4 is 28.5 Å². The highest BCUT2D eigenvalue weighted by Crippen LogP contribution is 2.63. The molecule has 2 unspecified atom stereocenters. The Bertz CT molecular complexity index is 427. The maximum Gasteiger partial charge on any atom is 0.241 e. The van der Waals surface area contributed by atoms with E-state index in [0.29, 0.717) is 11.7 Å². The van der Waals surface area contributed by atoms with E-state index in [4.69, 9.17) is 0 Å². The molecular weight excluding hydrogens is 327 g/mol. The number of hydrogen-bond donors (Lipinski definition) is 1. The summed E-state index contributed by atoms with van der Waals surface area (Å²) in [6.07, 6.45) is 8.98. The molecule has 4 heteroatoms. The molecule has 0 radical (unpaired) electrons. The van der Waals surface area contributed by atoms with E-state index in [-0.39, 0.29) is 34.8 Å². The van der Waals surface area contributed by atoms with Gasteiger partial charge in [0.15, 0.2) is 0 Å². The molecule has 2 fully saturated rings. The standard InChI is InChI=1S/C13H18N2O.HI/c1-12(2)10-3-4-13(12,11(16)7-10)8-15-6-5-14-9-15;/h5-6,9-10H,3-4,7-8H2,1-2H3;1H. The largest absolute Gasteiger partial charge is 1.00 e. The number of nitrogens with zero attached hydrogens (tertiary/aromatic N) is 1. The van der Waals surface area contributed by atoms with Gasteiger partial charge in [-0.25, -0.2) is 4.57 Å². The third-order valence-electron chi connectivity index (χ3n) is 5.19. The van der Waals surface area contributed by atoms with Crippen molar-refractivity contribution in [3.05, 3.63) is 18.7 Å². The number of rotatable bonds is 2. The van der Waals surface area contributed by atoms with Crippen LogP contribution in [0.3, 0.4) is 0 Å². The zero-order valence-corrected chi connectivity index (χ0v) is 12.5. The van der Waals surface area contributed by atoms with Crippen molar-refractivity contribution in [3.63, 3.8) is 0 Å². The molecule has 0 aliphatic heterocycles. The summed E-state index contributed by atoms with van der Waals surface area (Å²) in [6.45, 7) is 5.41. The van der Waals surface area contributed by atoms with E-state index >= 15 is 0 Å². The quantitative estimate of drug-likeness (QED) is 0.525. The van der Waals surface area contributed by atoms with Crippen LogP contribution in [-0.2, 0) is 11.3 Å². The summed E-state index contributed by atoms with van der Waals surface area (Å²) in [5.74, 6) is 1.10. The van der Waals surface area contributed by atoms with Crippen LogP contribution in [0.5, 0.6) is 0 Å². The molecule has 3 nitrogen and oxygen atoms in total. The third-order valence-corrected chi connectivity index (χ3v) is 5.19. The molecular formula is C13H19IN2O. The molecule has 0 aromatic carbocycles. The van der Waals surface area contributed by atoms with E-state index in [1.54, 1.807) is 0 Å². The first-order valence-corrected chi connectivity index (χ1v) is 6.11. The van der Waals surface area contributed by atoms with Crippen molar-refractivity contribution in [1.29, 1.82) is 0 Å². The Balaban J connectivity index is 0.00000108. The average Bonchev–Trinajstić information content (AvgIpc) is 2.84. The minimum atomic E-state index is -0.107. The summed E-state index contributed by atoms with van der Waals surface area (Å²) in [4.78, 5) is 15.3. The predicted molar refractivity (Wildman–Crippen MR) is 59.5 cm³/mol. The first-order valence-electron chi connectivity index (χ1n) is 6.11. The van der Waals surface area contributed by atoms with Crippen LogP contribution in [0, 0.1) is 16.7 Å². The number of carbonyl (C=O) groups is 1. The van der Waals surface area contributed by atoms with Crippen molar-refractivity contribution < 1.29 is 33.3 Å². The van der Waals surface area contributed by atoms with Crippen LogP contribution in [0.25, 0.3) is 0 Å². The van der Waals surface area contributed by atoms with Gasteiger partial charge in [0.25, 0.3) is 0 Å². The van der Waals surface area contributed by atoms with Gasteiger partial charge in [-0.15, -0.1) is 0 Å². The molecule has 94 valence electrons. The first kappa shape index (κ1) is 13.1. The summed E-state index contributed by atoms with van der Waals surface area (Å²) >= 11 is 0. The molecule has 2 aliphatic rings. The van der Waals surface area contributed by atoms with Crippen molar-refractivity contribution >= 4 is 5.78 Å². The molecule has 1 N–H and O–H groups in total. The highest BCUT2D eigenvalue weighted by atomic mass is 127. The van der Waals surface area contributed by atoms with Gasteiger partial charge in [0, 0.05) is 6.42 Å². The van der Waals surface area contributed by atoms with Crippen LogP contribution in [0.1, 0.15) is 33.1 Å². The Hall–Kier alpha value is -0.390. The van der Waals surface area contributed by atoms with Gasteiger partial charge >= 0.3 is 0 Å². The summed E-state index contributed by atoms with van der Waals surface area (Å²) in [5.41, 5.74) is 0.0683. The van der Waals surface area contributed by atoms with Gasteiger partial charge in [0.1, 0.15) is 24.7 Å². The number of imidazole rings is 1. The highest BCUT2D eigenvalue weighted by molar-refractivity contribution is 5.89. The third kappa shape index (κ3) is 1.59. The number of H-pyrrole nitrogens is 1. The fourth-order valence-corrected chi connectivity index (χ4v) is 3.87. The van der Waals surface area contributed by atoms with Crippen LogP contribution in [0.15, 0.2) is 18.7 Å². The normalized spacial score (nSPS) is 33.8. The van der Waals surface area contributed by atoms with E-state index in [1.807, 2.05) is 18.7 Å². The maximum atomic E-state index is 12.3. The number of aromatic nitrogens is 2. The lowest BCUT2D eigenvalue weighted by molar-refractivity contribution is -0.707. The number of aromatic amines is 1. The van der Waals surface area contributed by atoms with Gasteiger partial charge < -0.3 is 24.0 Å². The van der Waals surface area contributed by atoms with E-state index in [9.17, 15) is 4.79 Å². The van der Waals surface area contributed by atoms with E-state index in [2.05, 4.69) is 23.4 Å². The predicted octanol–water partition coefficient (Wildman–Crippen LogP) is -1.30. The van der Waals surface area contributed by atoms with E-state index in [0.717, 1.165) is 19.4 Å². The van der Waals surface area contributed by atoms with Crippen molar-refractivity contribution in [2.45, 2.75) is 39.7 Å². The monoisotopic (exact) mass is 346 g/mol. The smallest absolute Gasteiger partial charge is 0.241 e. The number of fused-ring (bicyclic) bond motifs is 2. The van der Waals surface area contributed by atoms with Crippen LogP contribution >= 0.6 is 0 Å².